The second-order valence-corrected chi connectivity index (χ2v) is 9.68. The van der Waals surface area contributed by atoms with Crippen molar-refractivity contribution in [3.05, 3.63) is 60.8 Å². The summed E-state index contributed by atoms with van der Waals surface area (Å²) >= 11 is 0. The number of aromatic nitrogens is 2. The Balaban J connectivity index is 1.31. The number of hydrogen-bond acceptors (Lipinski definition) is 8. The van der Waals surface area contributed by atoms with Gasteiger partial charge in [-0.3, -0.25) is 33.7 Å². The van der Waals surface area contributed by atoms with Crippen LogP contribution in [0.1, 0.15) is 42.5 Å². The summed E-state index contributed by atoms with van der Waals surface area (Å²) in [5, 5.41) is 14.6. The van der Waals surface area contributed by atoms with Crippen molar-refractivity contribution >= 4 is 23.0 Å². The number of nitro benzene ring substituents is 1. The predicted molar refractivity (Wildman–Crippen MR) is 138 cm³/mol. The summed E-state index contributed by atoms with van der Waals surface area (Å²) < 4.78 is 2.61. The molecule has 0 bridgehead atoms. The first-order chi connectivity index (χ1) is 17.3. The van der Waals surface area contributed by atoms with E-state index in [0.29, 0.717) is 23.6 Å². The fourth-order valence-electron chi connectivity index (χ4n) is 5.16. The molecular formula is C25H34N6O5. The molecule has 194 valence electrons. The van der Waals surface area contributed by atoms with Crippen molar-refractivity contribution in [2.24, 2.45) is 20.0 Å². The standard InChI is InChI=1S/C25H34N6O5/c1-27-22(17-23(32)28(2)25(27)34)30-14-12-29(13-15-30)11-5-10-26-21-9-8-19(31(35)36)16-20(21)24(33)18-6-3-4-7-18/h8-9,16-18,26H,3-7,10-15H2,1-2H3. The summed E-state index contributed by atoms with van der Waals surface area (Å²) in [6.07, 6.45) is 4.59. The van der Waals surface area contributed by atoms with Gasteiger partial charge >= 0.3 is 5.69 Å². The minimum Gasteiger partial charge on any atom is -0.384 e. The number of benzene rings is 1. The van der Waals surface area contributed by atoms with Gasteiger partial charge in [-0.25, -0.2) is 4.79 Å². The maximum Gasteiger partial charge on any atom is 0.332 e. The molecule has 2 fully saturated rings. The summed E-state index contributed by atoms with van der Waals surface area (Å²) in [5.74, 6) is 0.593. The van der Waals surface area contributed by atoms with Crippen molar-refractivity contribution in [1.82, 2.24) is 14.0 Å². The monoisotopic (exact) mass is 498 g/mol. The average Bonchev–Trinajstić information content (AvgIpc) is 3.42. The molecule has 1 saturated heterocycles. The summed E-state index contributed by atoms with van der Waals surface area (Å²) in [7, 11) is 3.16. The van der Waals surface area contributed by atoms with Crippen molar-refractivity contribution in [3.8, 4) is 0 Å². The number of hydrogen-bond donors (Lipinski definition) is 1. The first-order valence-corrected chi connectivity index (χ1v) is 12.6. The Morgan fingerprint density at radius 1 is 1.06 bits per heavy atom. The van der Waals surface area contributed by atoms with E-state index in [-0.39, 0.29) is 28.6 Å². The summed E-state index contributed by atoms with van der Waals surface area (Å²) in [5.41, 5.74) is 0.383. The number of piperazine rings is 1. The first kappa shape index (κ1) is 25.6. The average molecular weight is 499 g/mol. The summed E-state index contributed by atoms with van der Waals surface area (Å²) in [6.45, 7) is 4.56. The van der Waals surface area contributed by atoms with Crippen LogP contribution in [0.25, 0.3) is 0 Å². The second kappa shape index (κ2) is 11.1. The molecule has 2 aromatic rings. The Labute approximate surface area is 209 Å². The first-order valence-electron chi connectivity index (χ1n) is 12.6. The number of rotatable bonds is 9. The smallest absolute Gasteiger partial charge is 0.332 e. The van der Waals surface area contributed by atoms with Crippen molar-refractivity contribution in [2.45, 2.75) is 32.1 Å². The molecule has 2 heterocycles. The Morgan fingerprint density at radius 2 is 1.75 bits per heavy atom. The Morgan fingerprint density at radius 3 is 2.42 bits per heavy atom. The summed E-state index contributed by atoms with van der Waals surface area (Å²) in [4.78, 5) is 52.5. The highest BCUT2D eigenvalue weighted by molar-refractivity contribution is 6.03. The fraction of sp³-hybridized carbons (Fsp3) is 0.560. The molecule has 1 aromatic heterocycles. The summed E-state index contributed by atoms with van der Waals surface area (Å²) in [6, 6.07) is 6.01. The minimum atomic E-state index is -0.458. The van der Waals surface area contributed by atoms with E-state index < -0.39 is 4.92 Å². The van der Waals surface area contributed by atoms with Gasteiger partial charge in [-0.2, -0.15) is 0 Å². The van der Waals surface area contributed by atoms with Crippen LogP contribution in [-0.2, 0) is 14.1 Å². The molecule has 36 heavy (non-hydrogen) atoms. The van der Waals surface area contributed by atoms with E-state index in [1.807, 2.05) is 0 Å². The van der Waals surface area contributed by atoms with Gasteiger partial charge in [0.05, 0.1) is 4.92 Å². The number of nitrogens with one attached hydrogen (secondary N) is 1. The second-order valence-electron chi connectivity index (χ2n) is 9.68. The van der Waals surface area contributed by atoms with Crippen LogP contribution in [0.4, 0.5) is 17.2 Å². The van der Waals surface area contributed by atoms with E-state index in [4.69, 9.17) is 0 Å². The lowest BCUT2D eigenvalue weighted by Gasteiger charge is -2.36. The fourth-order valence-corrected chi connectivity index (χ4v) is 5.16. The van der Waals surface area contributed by atoms with Crippen LogP contribution in [0.15, 0.2) is 33.9 Å². The third-order valence-electron chi connectivity index (χ3n) is 7.37. The maximum atomic E-state index is 13.0. The van der Waals surface area contributed by atoms with E-state index in [2.05, 4.69) is 15.1 Å². The van der Waals surface area contributed by atoms with Crippen LogP contribution < -0.4 is 21.5 Å². The van der Waals surface area contributed by atoms with Crippen LogP contribution in [0, 0.1) is 16.0 Å². The third kappa shape index (κ3) is 5.51. The van der Waals surface area contributed by atoms with Gasteiger partial charge in [0.1, 0.15) is 5.82 Å². The molecule has 11 heteroatoms. The van der Waals surface area contributed by atoms with Crippen LogP contribution in [0.2, 0.25) is 0 Å². The van der Waals surface area contributed by atoms with Gasteiger partial charge in [-0.1, -0.05) is 12.8 Å². The van der Waals surface area contributed by atoms with E-state index >= 15 is 0 Å². The highest BCUT2D eigenvalue weighted by Gasteiger charge is 2.27. The van der Waals surface area contributed by atoms with Crippen molar-refractivity contribution < 1.29 is 9.72 Å². The van der Waals surface area contributed by atoms with E-state index in [9.17, 15) is 24.5 Å². The molecule has 1 N–H and O–H groups in total. The van der Waals surface area contributed by atoms with Crippen molar-refractivity contribution in [1.29, 1.82) is 0 Å². The number of carbonyl (C=O) groups excluding carboxylic acids is 1. The van der Waals surface area contributed by atoms with E-state index in [1.165, 1.54) is 29.8 Å². The third-order valence-corrected chi connectivity index (χ3v) is 7.37. The lowest BCUT2D eigenvalue weighted by Crippen LogP contribution is -2.49. The zero-order valence-corrected chi connectivity index (χ0v) is 20.9. The van der Waals surface area contributed by atoms with E-state index in [0.717, 1.165) is 69.4 Å². The maximum absolute atomic E-state index is 13.0. The van der Waals surface area contributed by atoms with Gasteiger partial charge in [-0.15, -0.1) is 0 Å². The lowest BCUT2D eigenvalue weighted by molar-refractivity contribution is -0.384. The number of nitro groups is 1. The van der Waals surface area contributed by atoms with Gasteiger partial charge < -0.3 is 10.2 Å². The molecule has 0 spiro atoms. The van der Waals surface area contributed by atoms with Crippen LogP contribution in [-0.4, -0.2) is 64.0 Å². The number of ketones is 1. The SMILES string of the molecule is Cn1c(N2CCN(CCCNc3ccc([N+](=O)[O-])cc3C(=O)C3CCCC3)CC2)cc(=O)n(C)c1=O. The molecule has 1 aliphatic heterocycles. The van der Waals surface area contributed by atoms with Crippen molar-refractivity contribution in [3.63, 3.8) is 0 Å². The zero-order valence-electron chi connectivity index (χ0n) is 20.9. The molecular weight excluding hydrogens is 464 g/mol. The van der Waals surface area contributed by atoms with E-state index in [1.54, 1.807) is 13.1 Å². The molecule has 0 amide bonds. The molecule has 4 rings (SSSR count). The van der Waals surface area contributed by atoms with Gasteiger partial charge in [0.25, 0.3) is 11.2 Å². The van der Waals surface area contributed by atoms with Gasteiger partial charge in [0.15, 0.2) is 5.78 Å². The minimum absolute atomic E-state index is 0.0000330. The number of nitrogens with zero attached hydrogens (tertiary/aromatic N) is 5. The normalized spacial score (nSPS) is 16.9. The molecule has 0 unspecified atom stereocenters. The van der Waals surface area contributed by atoms with Gasteiger partial charge in [0.2, 0.25) is 0 Å². The molecule has 0 atom stereocenters. The molecule has 1 aromatic carbocycles. The largest absolute Gasteiger partial charge is 0.384 e. The highest BCUT2D eigenvalue weighted by Crippen LogP contribution is 2.32. The molecule has 1 saturated carbocycles. The van der Waals surface area contributed by atoms with Crippen LogP contribution in [0.3, 0.4) is 0 Å². The lowest BCUT2D eigenvalue weighted by atomic mass is 9.94. The predicted octanol–water partition coefficient (Wildman–Crippen LogP) is 1.99. The Bertz CT molecular complexity index is 1240. The van der Waals surface area contributed by atoms with Crippen molar-refractivity contribution in [2.75, 3.05) is 49.5 Å². The number of non-ortho nitro benzene ring substituents is 1. The molecule has 0 radical (unpaired) electrons. The van der Waals surface area contributed by atoms with Crippen LogP contribution >= 0.6 is 0 Å². The van der Waals surface area contributed by atoms with Crippen LogP contribution in [0.5, 0.6) is 0 Å². The van der Waals surface area contributed by atoms with Gasteiger partial charge in [-0.05, 0) is 31.9 Å². The quantitative estimate of drug-likeness (QED) is 0.241. The number of carbonyl (C=O) groups is 1. The van der Waals surface area contributed by atoms with Gasteiger partial charge in [0, 0.05) is 82.2 Å². The zero-order chi connectivity index (χ0) is 25.8. The number of anilines is 2. The number of Topliss-reactive ketones (excluding diaryl/α,β-unsaturated/α-hetero) is 1. The topological polar surface area (TPSA) is 123 Å². The Kier molecular flexibility index (Phi) is 7.88. The Hall–Kier alpha value is -3.47. The highest BCUT2D eigenvalue weighted by atomic mass is 16.6. The molecule has 11 nitrogen and oxygen atoms in total. The molecule has 1 aliphatic carbocycles. The molecule has 2 aliphatic rings.